The van der Waals surface area contributed by atoms with Crippen LogP contribution in [0.3, 0.4) is 0 Å². The Hall–Kier alpha value is -3.17. The summed E-state index contributed by atoms with van der Waals surface area (Å²) in [4.78, 5) is 12.0. The fourth-order valence-electron chi connectivity index (χ4n) is 3.29. The Bertz CT molecular complexity index is 1470. The van der Waals surface area contributed by atoms with Crippen molar-refractivity contribution in [3.63, 3.8) is 0 Å². The molecule has 0 bridgehead atoms. The smallest absolute Gasteiger partial charge is 0.464 e. The van der Waals surface area contributed by atoms with Gasteiger partial charge in [-0.05, 0) is 23.8 Å². The molecule has 0 spiro atoms. The number of alkyl halides is 3. The van der Waals surface area contributed by atoms with Crippen molar-refractivity contribution < 1.29 is 53.2 Å². The molecule has 188 valence electrons. The zero-order valence-corrected chi connectivity index (χ0v) is 19.7. The predicted octanol–water partition coefficient (Wildman–Crippen LogP) is 2.98. The van der Waals surface area contributed by atoms with Crippen LogP contribution in [0.4, 0.5) is 13.2 Å². The Kier molecular flexibility index (Phi) is 6.05. The van der Waals surface area contributed by atoms with E-state index in [9.17, 15) is 34.8 Å². The van der Waals surface area contributed by atoms with Crippen LogP contribution in [-0.2, 0) is 40.4 Å². The molecular formula is C19H13ClF3NO9S2. The molecule has 2 aliphatic heterocycles. The van der Waals surface area contributed by atoms with Gasteiger partial charge in [-0.15, -0.1) is 0 Å². The number of hydrogen-bond acceptors (Lipinski definition) is 9. The summed E-state index contributed by atoms with van der Waals surface area (Å²) in [6.45, 7) is -0.861. The lowest BCUT2D eigenvalue weighted by atomic mass is 10.1. The first-order valence-electron chi connectivity index (χ1n) is 9.31. The molecule has 0 saturated heterocycles. The number of rotatable bonds is 5. The predicted molar refractivity (Wildman–Crippen MR) is 112 cm³/mol. The quantitative estimate of drug-likeness (QED) is 0.311. The van der Waals surface area contributed by atoms with Gasteiger partial charge in [-0.2, -0.15) is 21.6 Å². The van der Waals surface area contributed by atoms with E-state index in [4.69, 9.17) is 21.1 Å². The summed E-state index contributed by atoms with van der Waals surface area (Å²) in [7, 11) is -10.1. The lowest BCUT2D eigenvalue weighted by Crippen LogP contribution is -2.39. The minimum atomic E-state index is -6.31. The molecule has 0 saturated carbocycles. The van der Waals surface area contributed by atoms with Gasteiger partial charge in [0.2, 0.25) is 6.79 Å². The molecular weight excluding hydrogens is 543 g/mol. The average Bonchev–Trinajstić information content (AvgIpc) is 3.23. The van der Waals surface area contributed by atoms with Crippen molar-refractivity contribution in [3.05, 3.63) is 58.2 Å². The van der Waals surface area contributed by atoms with Gasteiger partial charge in [0.25, 0.3) is 10.0 Å². The third kappa shape index (κ3) is 4.23. The van der Waals surface area contributed by atoms with Crippen LogP contribution in [-0.4, -0.2) is 46.5 Å². The van der Waals surface area contributed by atoms with E-state index in [-0.39, 0.29) is 28.9 Å². The van der Waals surface area contributed by atoms with Gasteiger partial charge < -0.3 is 18.4 Å². The van der Waals surface area contributed by atoms with E-state index in [1.165, 1.54) is 24.3 Å². The summed E-state index contributed by atoms with van der Waals surface area (Å²) in [6.07, 6.45) is 0. The largest absolute Gasteiger partial charge is 0.534 e. The first kappa shape index (κ1) is 24.9. The summed E-state index contributed by atoms with van der Waals surface area (Å²) < 4.78 is 110. The number of benzene rings is 2. The Morgan fingerprint density at radius 3 is 2.43 bits per heavy atom. The highest BCUT2D eigenvalue weighted by atomic mass is 35.5. The molecule has 10 nitrogen and oxygen atoms in total. The van der Waals surface area contributed by atoms with Gasteiger partial charge >= 0.3 is 21.6 Å². The number of fused-ring (bicyclic) bond motifs is 2. The van der Waals surface area contributed by atoms with E-state index in [2.05, 4.69) is 8.92 Å². The summed E-state index contributed by atoms with van der Waals surface area (Å²) in [5.74, 6) is -2.21. The molecule has 0 atom stereocenters. The second-order valence-corrected chi connectivity index (χ2v) is 10.7. The molecule has 35 heavy (non-hydrogen) atoms. The third-order valence-electron chi connectivity index (χ3n) is 4.88. The van der Waals surface area contributed by atoms with Crippen LogP contribution in [0.2, 0.25) is 5.02 Å². The maximum Gasteiger partial charge on any atom is 0.534 e. The van der Waals surface area contributed by atoms with Crippen LogP contribution in [0, 0.1) is 0 Å². The van der Waals surface area contributed by atoms with Gasteiger partial charge in [0.1, 0.15) is 0 Å². The number of ether oxygens (including phenoxy) is 3. The van der Waals surface area contributed by atoms with Gasteiger partial charge in [-0.25, -0.2) is 13.2 Å². The van der Waals surface area contributed by atoms with Crippen molar-refractivity contribution in [3.8, 4) is 11.5 Å². The van der Waals surface area contributed by atoms with Crippen molar-refractivity contribution in [1.29, 1.82) is 0 Å². The number of hydrogen-bond donors (Lipinski definition) is 0. The molecule has 0 radical (unpaired) electrons. The van der Waals surface area contributed by atoms with Gasteiger partial charge in [0.15, 0.2) is 23.0 Å². The van der Waals surface area contributed by atoms with Crippen LogP contribution >= 0.6 is 11.6 Å². The SMILES string of the molecule is COC(=O)C1=C(OS(=O)(=O)C(F)(F)F)c2ccccc2S(=O)(=O)N1Cc1cc2c(cc1Cl)OCO2. The van der Waals surface area contributed by atoms with Crippen molar-refractivity contribution in [2.24, 2.45) is 0 Å². The fourth-order valence-corrected chi connectivity index (χ4v) is 5.62. The number of esters is 1. The fraction of sp³-hybridized carbons (Fsp3) is 0.211. The Morgan fingerprint density at radius 1 is 1.17 bits per heavy atom. The van der Waals surface area contributed by atoms with Crippen LogP contribution in [0.5, 0.6) is 11.5 Å². The topological polar surface area (TPSA) is 126 Å². The van der Waals surface area contributed by atoms with E-state index in [1.807, 2.05) is 0 Å². The summed E-state index contributed by atoms with van der Waals surface area (Å²) in [5, 5.41) is -0.0297. The van der Waals surface area contributed by atoms with Gasteiger partial charge in [0.05, 0.1) is 18.6 Å². The van der Waals surface area contributed by atoms with Crippen LogP contribution in [0.25, 0.3) is 5.76 Å². The maximum absolute atomic E-state index is 13.5. The first-order valence-corrected chi connectivity index (χ1v) is 12.5. The Morgan fingerprint density at radius 2 is 1.80 bits per heavy atom. The number of carbonyl (C=O) groups excluding carboxylic acids is 1. The van der Waals surface area contributed by atoms with E-state index < -0.39 is 60.1 Å². The molecule has 0 unspecified atom stereocenters. The van der Waals surface area contributed by atoms with Crippen molar-refractivity contribution in [1.82, 2.24) is 4.31 Å². The van der Waals surface area contributed by atoms with E-state index in [0.29, 0.717) is 4.31 Å². The average molecular weight is 556 g/mol. The lowest BCUT2D eigenvalue weighted by Gasteiger charge is -2.32. The van der Waals surface area contributed by atoms with Crippen LogP contribution < -0.4 is 9.47 Å². The van der Waals surface area contributed by atoms with Gasteiger partial charge in [0, 0.05) is 16.7 Å². The Labute approximate surface area is 201 Å². The molecule has 0 N–H and O–H groups in total. The van der Waals surface area contributed by atoms with E-state index >= 15 is 0 Å². The minimum Gasteiger partial charge on any atom is -0.464 e. The third-order valence-corrected chi connectivity index (χ3v) is 7.98. The minimum absolute atomic E-state index is 0.0297. The maximum atomic E-state index is 13.5. The first-order chi connectivity index (χ1) is 16.3. The molecule has 2 aliphatic rings. The zero-order valence-electron chi connectivity index (χ0n) is 17.3. The highest BCUT2D eigenvalue weighted by Gasteiger charge is 2.51. The molecule has 0 amide bonds. The van der Waals surface area contributed by atoms with Gasteiger partial charge in [-0.3, -0.25) is 4.31 Å². The molecule has 0 aliphatic carbocycles. The molecule has 2 aromatic rings. The van der Waals surface area contributed by atoms with E-state index in [0.717, 1.165) is 19.2 Å². The number of carbonyl (C=O) groups is 1. The standard InChI is InChI=1S/C19H13ClF3NO9S2/c1-30-18(25)16-17(33-35(28,29)19(21,22)23)11-4-2-3-5-15(11)34(26,27)24(16)8-10-6-13-14(7-12(10)20)32-9-31-13/h2-7H,8-9H2,1H3. The number of sulfonamides is 1. The van der Waals surface area contributed by atoms with Crippen LogP contribution in [0.1, 0.15) is 11.1 Å². The molecule has 16 heteroatoms. The van der Waals surface area contributed by atoms with E-state index in [1.54, 1.807) is 0 Å². The number of methoxy groups -OCH3 is 1. The molecule has 0 fully saturated rings. The molecule has 4 rings (SSSR count). The molecule has 0 aromatic heterocycles. The van der Waals surface area contributed by atoms with Crippen molar-refractivity contribution >= 4 is 43.5 Å². The van der Waals surface area contributed by atoms with Crippen molar-refractivity contribution in [2.45, 2.75) is 16.9 Å². The van der Waals surface area contributed by atoms with Crippen LogP contribution in [0.15, 0.2) is 47.0 Å². The summed E-state index contributed by atoms with van der Waals surface area (Å²) >= 11 is 6.22. The lowest BCUT2D eigenvalue weighted by molar-refractivity contribution is -0.137. The highest BCUT2D eigenvalue weighted by Crippen LogP contribution is 2.43. The number of nitrogens with zero attached hydrogens (tertiary/aromatic N) is 1. The highest BCUT2D eigenvalue weighted by molar-refractivity contribution is 7.89. The second kappa shape index (κ2) is 8.49. The summed E-state index contributed by atoms with van der Waals surface area (Å²) in [5.41, 5.74) is -7.52. The summed E-state index contributed by atoms with van der Waals surface area (Å²) in [6, 6.07) is 7.09. The monoisotopic (exact) mass is 555 g/mol. The zero-order chi connectivity index (χ0) is 25.8. The molecule has 2 aromatic carbocycles. The van der Waals surface area contributed by atoms with Crippen molar-refractivity contribution in [2.75, 3.05) is 13.9 Å². The van der Waals surface area contributed by atoms with Gasteiger partial charge in [-0.1, -0.05) is 23.7 Å². The molecule has 2 heterocycles. The normalized spacial score (nSPS) is 16.7. The Balaban J connectivity index is 1.97. The number of halogens is 4. The second-order valence-electron chi connectivity index (χ2n) is 6.96.